The summed E-state index contributed by atoms with van der Waals surface area (Å²) in [6.07, 6.45) is 2.77. The fourth-order valence-electron chi connectivity index (χ4n) is 4.11. The molecule has 2 aromatic rings. The molecule has 9 nitrogen and oxygen atoms in total. The van der Waals surface area contributed by atoms with Gasteiger partial charge in [-0.25, -0.2) is 9.59 Å². The van der Waals surface area contributed by atoms with Gasteiger partial charge < -0.3 is 20.5 Å². The lowest BCUT2D eigenvalue weighted by Crippen LogP contribution is -2.52. The molecular weight excluding hydrogens is 482 g/mol. The van der Waals surface area contributed by atoms with Crippen LogP contribution in [0.15, 0.2) is 48.5 Å². The minimum atomic E-state index is -1.15. The van der Waals surface area contributed by atoms with Crippen LogP contribution in [-0.2, 0) is 20.9 Å². The van der Waals surface area contributed by atoms with E-state index >= 15 is 0 Å². The topological polar surface area (TPSA) is 125 Å². The SMILES string of the molecule is CSCC[C@H](NC(=O)[C@@H]1CCCN1C(=O)OCc1ccccc1)C(=O)Nc1cccc(C)c1C(=O)O. The summed E-state index contributed by atoms with van der Waals surface area (Å²) in [5, 5.41) is 15.0. The Balaban J connectivity index is 1.67. The van der Waals surface area contributed by atoms with Gasteiger partial charge in [-0.3, -0.25) is 14.5 Å². The van der Waals surface area contributed by atoms with Crippen LogP contribution < -0.4 is 10.6 Å². The van der Waals surface area contributed by atoms with Crippen LogP contribution in [-0.4, -0.2) is 64.5 Å². The Hall–Kier alpha value is -3.53. The van der Waals surface area contributed by atoms with Crippen molar-refractivity contribution < 1.29 is 29.0 Å². The van der Waals surface area contributed by atoms with Crippen molar-refractivity contribution in [2.24, 2.45) is 0 Å². The monoisotopic (exact) mass is 513 g/mol. The molecule has 1 saturated heterocycles. The number of ether oxygens (including phenoxy) is 1. The van der Waals surface area contributed by atoms with E-state index < -0.39 is 36.0 Å². The zero-order chi connectivity index (χ0) is 26.1. The highest BCUT2D eigenvalue weighted by Crippen LogP contribution is 2.22. The van der Waals surface area contributed by atoms with Crippen LogP contribution >= 0.6 is 11.8 Å². The molecule has 3 rings (SSSR count). The Morgan fingerprint density at radius 2 is 1.89 bits per heavy atom. The molecule has 0 radical (unpaired) electrons. The van der Waals surface area contributed by atoms with Gasteiger partial charge in [-0.2, -0.15) is 11.8 Å². The van der Waals surface area contributed by atoms with Crippen molar-refractivity contribution in [1.29, 1.82) is 0 Å². The summed E-state index contributed by atoms with van der Waals surface area (Å²) < 4.78 is 5.40. The third kappa shape index (κ3) is 7.00. The maximum Gasteiger partial charge on any atom is 0.410 e. The first-order chi connectivity index (χ1) is 17.3. The lowest BCUT2D eigenvalue weighted by atomic mass is 10.1. The molecule has 192 valence electrons. The third-order valence-corrected chi connectivity index (χ3v) is 6.63. The number of carboxylic acid groups (broad SMARTS) is 1. The highest BCUT2D eigenvalue weighted by Gasteiger charge is 2.37. The number of anilines is 1. The van der Waals surface area contributed by atoms with E-state index in [2.05, 4.69) is 10.6 Å². The zero-order valence-electron chi connectivity index (χ0n) is 20.4. The normalized spacial score (nSPS) is 15.7. The highest BCUT2D eigenvalue weighted by atomic mass is 32.2. The van der Waals surface area contributed by atoms with Gasteiger partial charge in [0.25, 0.3) is 0 Å². The van der Waals surface area contributed by atoms with Gasteiger partial charge >= 0.3 is 12.1 Å². The fourth-order valence-corrected chi connectivity index (χ4v) is 4.58. The summed E-state index contributed by atoms with van der Waals surface area (Å²) in [5.74, 6) is -1.50. The quantitative estimate of drug-likeness (QED) is 0.443. The Labute approximate surface area is 214 Å². The molecule has 2 aromatic carbocycles. The summed E-state index contributed by atoms with van der Waals surface area (Å²) >= 11 is 1.52. The van der Waals surface area contributed by atoms with Crippen molar-refractivity contribution in [3.63, 3.8) is 0 Å². The lowest BCUT2D eigenvalue weighted by Gasteiger charge is -2.26. The number of thioether (sulfide) groups is 1. The van der Waals surface area contributed by atoms with E-state index in [1.54, 1.807) is 19.1 Å². The van der Waals surface area contributed by atoms with Gasteiger partial charge in [0.15, 0.2) is 0 Å². The number of rotatable bonds is 10. The molecule has 3 amide bonds. The zero-order valence-corrected chi connectivity index (χ0v) is 21.2. The first-order valence-electron chi connectivity index (χ1n) is 11.7. The average Bonchev–Trinajstić information content (AvgIpc) is 3.35. The molecule has 0 unspecified atom stereocenters. The molecule has 1 heterocycles. The summed E-state index contributed by atoms with van der Waals surface area (Å²) in [6, 6.07) is 12.5. The van der Waals surface area contributed by atoms with Gasteiger partial charge in [0.05, 0.1) is 11.3 Å². The molecule has 2 atom stereocenters. The van der Waals surface area contributed by atoms with Gasteiger partial charge in [-0.1, -0.05) is 42.5 Å². The number of hydrogen-bond acceptors (Lipinski definition) is 6. The largest absolute Gasteiger partial charge is 0.478 e. The van der Waals surface area contributed by atoms with Gasteiger partial charge in [0, 0.05) is 6.54 Å². The summed E-state index contributed by atoms with van der Waals surface area (Å²) in [7, 11) is 0. The van der Waals surface area contributed by atoms with Crippen molar-refractivity contribution in [1.82, 2.24) is 10.2 Å². The standard InChI is InChI=1S/C26H31N3O6S/c1-17-8-6-11-19(22(17)25(32)33)27-23(30)20(13-15-36-2)28-24(31)21-12-7-14-29(21)26(34)35-16-18-9-4-3-5-10-18/h3-6,8-11,20-21H,7,12-16H2,1-2H3,(H,27,30)(H,28,31)(H,32,33)/t20-,21-/m0/s1. The first-order valence-corrected chi connectivity index (χ1v) is 13.1. The van der Waals surface area contributed by atoms with Crippen molar-refractivity contribution in [2.75, 3.05) is 23.9 Å². The lowest BCUT2D eigenvalue weighted by molar-refractivity contribution is -0.129. The predicted octanol–water partition coefficient (Wildman–Crippen LogP) is 3.67. The maximum absolute atomic E-state index is 13.2. The summed E-state index contributed by atoms with van der Waals surface area (Å²) in [6.45, 7) is 2.14. The number of carbonyl (C=O) groups excluding carboxylic acids is 3. The maximum atomic E-state index is 13.2. The molecule has 1 fully saturated rings. The van der Waals surface area contributed by atoms with Crippen LogP contribution in [0.4, 0.5) is 10.5 Å². The summed E-state index contributed by atoms with van der Waals surface area (Å²) in [4.78, 5) is 52.0. The van der Waals surface area contributed by atoms with Crippen LogP contribution in [0.2, 0.25) is 0 Å². The number of likely N-dealkylation sites (tertiary alicyclic amines) is 1. The molecule has 3 N–H and O–H groups in total. The molecule has 10 heteroatoms. The van der Waals surface area contributed by atoms with Crippen molar-refractivity contribution in [3.05, 3.63) is 65.2 Å². The molecule has 36 heavy (non-hydrogen) atoms. The van der Waals surface area contributed by atoms with Crippen molar-refractivity contribution >= 4 is 41.3 Å². The van der Waals surface area contributed by atoms with Crippen LogP contribution in [0.5, 0.6) is 0 Å². The Bertz CT molecular complexity index is 1090. The average molecular weight is 514 g/mol. The predicted molar refractivity (Wildman–Crippen MR) is 138 cm³/mol. The van der Waals surface area contributed by atoms with E-state index in [1.165, 1.54) is 22.7 Å². The Morgan fingerprint density at radius 1 is 1.14 bits per heavy atom. The molecule has 0 bridgehead atoms. The van der Waals surface area contributed by atoms with Crippen LogP contribution in [0.1, 0.15) is 40.7 Å². The van der Waals surface area contributed by atoms with Gasteiger partial charge in [0.1, 0.15) is 18.7 Å². The number of carbonyl (C=O) groups is 4. The van der Waals surface area contributed by atoms with E-state index in [0.29, 0.717) is 37.1 Å². The summed E-state index contributed by atoms with van der Waals surface area (Å²) in [5.41, 5.74) is 1.53. The molecule has 1 aliphatic rings. The number of hydrogen-bond donors (Lipinski definition) is 3. The third-order valence-electron chi connectivity index (χ3n) is 5.98. The van der Waals surface area contributed by atoms with Crippen molar-refractivity contribution in [3.8, 4) is 0 Å². The Morgan fingerprint density at radius 3 is 2.58 bits per heavy atom. The van der Waals surface area contributed by atoms with E-state index in [1.807, 2.05) is 36.6 Å². The molecule has 0 aliphatic carbocycles. The van der Waals surface area contributed by atoms with Crippen LogP contribution in [0.3, 0.4) is 0 Å². The van der Waals surface area contributed by atoms with Gasteiger partial charge in [-0.15, -0.1) is 0 Å². The second-order valence-electron chi connectivity index (χ2n) is 8.53. The van der Waals surface area contributed by atoms with Crippen molar-refractivity contribution in [2.45, 2.75) is 44.9 Å². The second kappa shape index (κ2) is 13.0. The number of nitrogens with zero attached hydrogens (tertiary/aromatic N) is 1. The molecular formula is C26H31N3O6S. The van der Waals surface area contributed by atoms with E-state index in [0.717, 1.165) is 5.56 Å². The minimum Gasteiger partial charge on any atom is -0.478 e. The number of aryl methyl sites for hydroxylation is 1. The number of carboxylic acids is 1. The van der Waals surface area contributed by atoms with Gasteiger partial charge in [-0.05, 0) is 55.4 Å². The number of amides is 3. The Kier molecular flexibility index (Phi) is 9.75. The van der Waals surface area contributed by atoms with Crippen LogP contribution in [0.25, 0.3) is 0 Å². The second-order valence-corrected chi connectivity index (χ2v) is 9.51. The first kappa shape index (κ1) is 27.1. The molecule has 0 saturated carbocycles. The van der Waals surface area contributed by atoms with E-state index in [-0.39, 0.29) is 17.9 Å². The van der Waals surface area contributed by atoms with E-state index in [9.17, 15) is 24.3 Å². The number of aromatic carboxylic acids is 1. The van der Waals surface area contributed by atoms with E-state index in [4.69, 9.17) is 4.74 Å². The van der Waals surface area contributed by atoms with Crippen LogP contribution in [0, 0.1) is 6.92 Å². The van der Waals surface area contributed by atoms with Gasteiger partial charge in [0.2, 0.25) is 11.8 Å². The fraction of sp³-hybridized carbons (Fsp3) is 0.385. The molecule has 0 aromatic heterocycles. The molecule has 0 spiro atoms. The number of nitrogens with one attached hydrogen (secondary N) is 2. The smallest absolute Gasteiger partial charge is 0.410 e. The number of benzene rings is 2. The minimum absolute atomic E-state index is 0.00363. The highest BCUT2D eigenvalue weighted by molar-refractivity contribution is 7.98. The molecule has 1 aliphatic heterocycles.